The molecule has 2 rings (SSSR count). The summed E-state index contributed by atoms with van der Waals surface area (Å²) in [5.74, 6) is 2.63. The van der Waals surface area contributed by atoms with Gasteiger partial charge < -0.3 is 19.9 Å². The van der Waals surface area contributed by atoms with E-state index in [1.807, 2.05) is 45.9 Å². The standard InChI is InChI=1S/C19H28ClN5O2.HI/c1-6-21-18(23-12-16-24-17(27-25-16)19(2,3)4)22-10-9-13-7-8-14(26-5)11-15(13)20;/h7-8,11H,6,9-10,12H2,1-5H3,(H2,21,22,23);1H. The first kappa shape index (κ1) is 24.5. The number of hydrogen-bond acceptors (Lipinski definition) is 5. The topological polar surface area (TPSA) is 84.6 Å². The molecule has 0 saturated heterocycles. The zero-order chi connectivity index (χ0) is 19.9. The fraction of sp³-hybridized carbons (Fsp3) is 0.526. The van der Waals surface area contributed by atoms with Crippen molar-refractivity contribution in [2.24, 2.45) is 4.99 Å². The molecule has 156 valence electrons. The Morgan fingerprint density at radius 2 is 2.04 bits per heavy atom. The van der Waals surface area contributed by atoms with Crippen molar-refractivity contribution in [3.05, 3.63) is 40.5 Å². The van der Waals surface area contributed by atoms with E-state index in [9.17, 15) is 0 Å². The van der Waals surface area contributed by atoms with Gasteiger partial charge in [-0.2, -0.15) is 4.98 Å². The maximum atomic E-state index is 6.28. The zero-order valence-electron chi connectivity index (χ0n) is 17.0. The minimum Gasteiger partial charge on any atom is -0.497 e. The minimum absolute atomic E-state index is 0. The quantitative estimate of drug-likeness (QED) is 0.326. The number of guanidine groups is 1. The number of methoxy groups -OCH3 is 1. The van der Waals surface area contributed by atoms with Gasteiger partial charge in [-0.05, 0) is 31.0 Å². The average Bonchev–Trinajstić information content (AvgIpc) is 3.10. The normalized spacial score (nSPS) is 11.7. The fourth-order valence-corrected chi connectivity index (χ4v) is 2.55. The second-order valence-corrected chi connectivity index (χ2v) is 7.50. The Kier molecular flexibility index (Phi) is 10.0. The highest BCUT2D eigenvalue weighted by molar-refractivity contribution is 14.0. The monoisotopic (exact) mass is 521 g/mol. The van der Waals surface area contributed by atoms with Crippen LogP contribution in [0.2, 0.25) is 5.02 Å². The lowest BCUT2D eigenvalue weighted by Crippen LogP contribution is -2.38. The predicted octanol–water partition coefficient (Wildman–Crippen LogP) is 3.94. The third-order valence-electron chi connectivity index (χ3n) is 3.78. The van der Waals surface area contributed by atoms with Crippen LogP contribution in [0.1, 0.15) is 45.0 Å². The molecule has 0 saturated carbocycles. The average molecular weight is 522 g/mol. The molecule has 0 unspecified atom stereocenters. The number of aliphatic imine (C=N–C) groups is 1. The van der Waals surface area contributed by atoms with Crippen molar-refractivity contribution in [3.8, 4) is 5.75 Å². The molecule has 28 heavy (non-hydrogen) atoms. The Labute approximate surface area is 188 Å². The van der Waals surface area contributed by atoms with Crippen molar-refractivity contribution in [2.45, 2.75) is 46.1 Å². The molecule has 9 heteroatoms. The van der Waals surface area contributed by atoms with E-state index in [1.165, 1.54) is 0 Å². The van der Waals surface area contributed by atoms with E-state index in [-0.39, 0.29) is 29.4 Å². The van der Waals surface area contributed by atoms with Crippen LogP contribution < -0.4 is 15.4 Å². The van der Waals surface area contributed by atoms with E-state index >= 15 is 0 Å². The van der Waals surface area contributed by atoms with Gasteiger partial charge in [0.25, 0.3) is 0 Å². The molecule has 1 aromatic carbocycles. The van der Waals surface area contributed by atoms with E-state index < -0.39 is 0 Å². The highest BCUT2D eigenvalue weighted by atomic mass is 127. The van der Waals surface area contributed by atoms with Crippen molar-refractivity contribution < 1.29 is 9.26 Å². The van der Waals surface area contributed by atoms with Crippen molar-refractivity contribution in [3.63, 3.8) is 0 Å². The third-order valence-corrected chi connectivity index (χ3v) is 4.13. The Bertz CT molecular complexity index is 774. The summed E-state index contributed by atoms with van der Waals surface area (Å²) in [6, 6.07) is 5.70. The maximum absolute atomic E-state index is 6.28. The van der Waals surface area contributed by atoms with Gasteiger partial charge in [0.1, 0.15) is 12.3 Å². The van der Waals surface area contributed by atoms with Crippen LogP contribution in [0.4, 0.5) is 0 Å². The SMILES string of the molecule is CCNC(=NCc1noc(C(C)(C)C)n1)NCCc1ccc(OC)cc1Cl.I. The molecule has 7 nitrogen and oxygen atoms in total. The van der Waals surface area contributed by atoms with Gasteiger partial charge in [0.2, 0.25) is 5.89 Å². The second kappa shape index (κ2) is 11.5. The van der Waals surface area contributed by atoms with E-state index in [0.717, 1.165) is 24.3 Å². The first-order valence-electron chi connectivity index (χ1n) is 9.01. The van der Waals surface area contributed by atoms with Crippen LogP contribution >= 0.6 is 35.6 Å². The third kappa shape index (κ3) is 7.46. The number of aromatic nitrogens is 2. The number of rotatable bonds is 7. The van der Waals surface area contributed by atoms with Gasteiger partial charge in [-0.25, -0.2) is 4.99 Å². The van der Waals surface area contributed by atoms with Gasteiger partial charge in [0.15, 0.2) is 11.8 Å². The van der Waals surface area contributed by atoms with Crippen molar-refractivity contribution in [1.82, 2.24) is 20.8 Å². The lowest BCUT2D eigenvalue weighted by molar-refractivity contribution is 0.318. The first-order valence-corrected chi connectivity index (χ1v) is 9.39. The Balaban J connectivity index is 0.00000392. The molecule has 0 radical (unpaired) electrons. The van der Waals surface area contributed by atoms with Crippen LogP contribution in [0.3, 0.4) is 0 Å². The van der Waals surface area contributed by atoms with Crippen LogP contribution in [0.25, 0.3) is 0 Å². The van der Waals surface area contributed by atoms with Crippen LogP contribution in [0, 0.1) is 0 Å². The highest BCUT2D eigenvalue weighted by Gasteiger charge is 2.21. The van der Waals surface area contributed by atoms with Crippen LogP contribution in [0.5, 0.6) is 5.75 Å². The Morgan fingerprint density at radius 1 is 1.29 bits per heavy atom. The largest absolute Gasteiger partial charge is 0.497 e. The van der Waals surface area contributed by atoms with Gasteiger partial charge >= 0.3 is 0 Å². The lowest BCUT2D eigenvalue weighted by atomic mass is 9.97. The maximum Gasteiger partial charge on any atom is 0.232 e. The van der Waals surface area contributed by atoms with Crippen molar-refractivity contribution >= 4 is 41.5 Å². The summed E-state index contributed by atoms with van der Waals surface area (Å²) < 4.78 is 10.5. The minimum atomic E-state index is -0.171. The van der Waals surface area contributed by atoms with Gasteiger partial charge in [-0.15, -0.1) is 24.0 Å². The molecule has 0 bridgehead atoms. The fourth-order valence-electron chi connectivity index (χ4n) is 2.29. The molecule has 0 aliphatic rings. The predicted molar refractivity (Wildman–Crippen MR) is 123 cm³/mol. The molecular formula is C19H29ClIN5O2. The number of hydrogen-bond donors (Lipinski definition) is 2. The molecule has 0 aliphatic carbocycles. The molecule has 0 amide bonds. The number of halogens is 2. The van der Waals surface area contributed by atoms with Crippen LogP contribution in [0.15, 0.2) is 27.7 Å². The van der Waals surface area contributed by atoms with Crippen molar-refractivity contribution in [1.29, 1.82) is 0 Å². The van der Waals surface area contributed by atoms with E-state index in [1.54, 1.807) is 7.11 Å². The molecule has 0 spiro atoms. The summed E-state index contributed by atoms with van der Waals surface area (Å²) in [4.78, 5) is 8.92. The van der Waals surface area contributed by atoms with Crippen molar-refractivity contribution in [2.75, 3.05) is 20.2 Å². The van der Waals surface area contributed by atoms with Crippen LogP contribution in [-0.4, -0.2) is 36.3 Å². The molecule has 0 atom stereocenters. The van der Waals surface area contributed by atoms with E-state index in [2.05, 4.69) is 25.8 Å². The Morgan fingerprint density at radius 3 is 2.61 bits per heavy atom. The lowest BCUT2D eigenvalue weighted by Gasteiger charge is -2.12. The van der Waals surface area contributed by atoms with Gasteiger partial charge in [0.05, 0.1) is 7.11 Å². The molecule has 0 aliphatic heterocycles. The summed E-state index contributed by atoms with van der Waals surface area (Å²) in [5.41, 5.74) is 0.879. The molecule has 0 fully saturated rings. The number of nitrogens with zero attached hydrogens (tertiary/aromatic N) is 3. The first-order chi connectivity index (χ1) is 12.8. The smallest absolute Gasteiger partial charge is 0.232 e. The number of ether oxygens (including phenoxy) is 1. The zero-order valence-corrected chi connectivity index (χ0v) is 20.1. The summed E-state index contributed by atoms with van der Waals surface area (Å²) in [5, 5.41) is 11.2. The highest BCUT2D eigenvalue weighted by Crippen LogP contribution is 2.22. The molecule has 1 heterocycles. The summed E-state index contributed by atoms with van der Waals surface area (Å²) in [7, 11) is 1.63. The molecule has 1 aromatic heterocycles. The number of benzene rings is 1. The molecular weight excluding hydrogens is 493 g/mol. The van der Waals surface area contributed by atoms with Gasteiger partial charge in [-0.3, -0.25) is 0 Å². The number of nitrogens with one attached hydrogen (secondary N) is 2. The van der Waals surface area contributed by atoms with E-state index in [4.69, 9.17) is 20.9 Å². The second-order valence-electron chi connectivity index (χ2n) is 7.10. The van der Waals surface area contributed by atoms with Crippen LogP contribution in [-0.2, 0) is 18.4 Å². The summed E-state index contributed by atoms with van der Waals surface area (Å²) in [6.07, 6.45) is 0.767. The Hall–Kier alpha value is -1.55. The van der Waals surface area contributed by atoms with Gasteiger partial charge in [0, 0.05) is 23.5 Å². The van der Waals surface area contributed by atoms with Gasteiger partial charge in [-0.1, -0.05) is 43.6 Å². The van der Waals surface area contributed by atoms with E-state index in [0.29, 0.717) is 35.8 Å². The molecule has 2 N–H and O–H groups in total. The summed E-state index contributed by atoms with van der Waals surface area (Å²) in [6.45, 7) is 9.91. The molecule has 2 aromatic rings. The summed E-state index contributed by atoms with van der Waals surface area (Å²) >= 11 is 6.28.